The Morgan fingerprint density at radius 3 is 1.37 bits per heavy atom. The predicted octanol–water partition coefficient (Wildman–Crippen LogP) is 5.53. The second-order valence-electron chi connectivity index (χ2n) is 5.44. The van der Waals surface area contributed by atoms with Crippen LogP contribution < -0.4 is 0 Å². The highest BCUT2D eigenvalue weighted by Crippen LogP contribution is 2.35. The molecular weight excluding hydrogens is 232 g/mol. The second kappa shape index (κ2) is 7.09. The number of hydrogen-bond acceptors (Lipinski definition) is 1. The predicted molar refractivity (Wildman–Crippen MR) is 86.1 cm³/mol. The lowest BCUT2D eigenvalue weighted by Gasteiger charge is -2.31. The first kappa shape index (κ1) is 18.2. The number of benzene rings is 1. The minimum Gasteiger partial charge on any atom is -0.371 e. The van der Waals surface area contributed by atoms with Crippen molar-refractivity contribution in [2.24, 2.45) is 0 Å². The molecule has 0 saturated heterocycles. The fourth-order valence-electron chi connectivity index (χ4n) is 2.84. The zero-order chi connectivity index (χ0) is 15.4. The Morgan fingerprint density at radius 1 is 0.737 bits per heavy atom. The van der Waals surface area contributed by atoms with Gasteiger partial charge in [0.1, 0.15) is 0 Å². The van der Waals surface area contributed by atoms with Crippen LogP contribution in [0.2, 0.25) is 0 Å². The van der Waals surface area contributed by atoms with E-state index in [1.807, 2.05) is 13.8 Å². The van der Waals surface area contributed by atoms with E-state index in [0.717, 1.165) is 6.61 Å². The topological polar surface area (TPSA) is 9.23 Å². The van der Waals surface area contributed by atoms with Crippen LogP contribution in [0.1, 0.15) is 68.0 Å². The lowest BCUT2D eigenvalue weighted by Crippen LogP contribution is -2.25. The van der Waals surface area contributed by atoms with Gasteiger partial charge in [0.25, 0.3) is 0 Å². The molecule has 0 aromatic heterocycles. The van der Waals surface area contributed by atoms with Gasteiger partial charge in [-0.1, -0.05) is 13.8 Å². The Labute approximate surface area is 120 Å². The van der Waals surface area contributed by atoms with Crippen LogP contribution in [-0.4, -0.2) is 6.61 Å². The minimum atomic E-state index is -0.202. The van der Waals surface area contributed by atoms with Crippen molar-refractivity contribution in [3.63, 3.8) is 0 Å². The van der Waals surface area contributed by atoms with E-state index in [1.165, 1.54) is 33.4 Å². The smallest absolute Gasteiger partial charge is 0.0880 e. The molecule has 0 aliphatic rings. The van der Waals surface area contributed by atoms with Crippen LogP contribution in [0.15, 0.2) is 0 Å². The zero-order valence-corrected chi connectivity index (χ0v) is 14.6. The SMILES string of the molecule is CC.CCOC(C)(C)c1c(C)c(C)c(C)c(C)c1C. The summed E-state index contributed by atoms with van der Waals surface area (Å²) in [6.07, 6.45) is 0. The monoisotopic (exact) mass is 264 g/mol. The standard InChI is InChI=1S/C16H26O.C2H6/c1-9-17-16(7,8)15-13(5)11(3)10(2)12(4)14(15)6;1-2/h9H2,1-8H3;1-2H3. The molecule has 0 bridgehead atoms. The van der Waals surface area contributed by atoms with Gasteiger partial charge in [-0.2, -0.15) is 0 Å². The molecule has 0 atom stereocenters. The fourth-order valence-corrected chi connectivity index (χ4v) is 2.84. The first-order valence-corrected chi connectivity index (χ1v) is 7.45. The van der Waals surface area contributed by atoms with Crippen LogP contribution in [0, 0.1) is 34.6 Å². The van der Waals surface area contributed by atoms with Crippen molar-refractivity contribution in [1.82, 2.24) is 0 Å². The molecule has 110 valence electrons. The highest BCUT2D eigenvalue weighted by Gasteiger charge is 2.27. The summed E-state index contributed by atoms with van der Waals surface area (Å²) in [5.74, 6) is 0. The Hall–Kier alpha value is -0.820. The zero-order valence-electron chi connectivity index (χ0n) is 14.6. The van der Waals surface area contributed by atoms with Crippen LogP contribution in [0.4, 0.5) is 0 Å². The third kappa shape index (κ3) is 3.60. The number of hydrogen-bond donors (Lipinski definition) is 0. The van der Waals surface area contributed by atoms with Gasteiger partial charge in [-0.25, -0.2) is 0 Å². The fraction of sp³-hybridized carbons (Fsp3) is 0.667. The summed E-state index contributed by atoms with van der Waals surface area (Å²) in [7, 11) is 0. The van der Waals surface area contributed by atoms with Crippen molar-refractivity contribution in [2.45, 2.75) is 74.8 Å². The van der Waals surface area contributed by atoms with Crippen molar-refractivity contribution in [1.29, 1.82) is 0 Å². The van der Waals surface area contributed by atoms with Crippen molar-refractivity contribution in [2.75, 3.05) is 6.61 Å². The molecule has 0 radical (unpaired) electrons. The number of ether oxygens (including phenoxy) is 1. The molecule has 1 rings (SSSR count). The maximum atomic E-state index is 5.93. The van der Waals surface area contributed by atoms with E-state index in [4.69, 9.17) is 4.74 Å². The van der Waals surface area contributed by atoms with Crippen LogP contribution in [0.5, 0.6) is 0 Å². The third-order valence-electron chi connectivity index (χ3n) is 4.11. The van der Waals surface area contributed by atoms with Crippen molar-refractivity contribution in [3.05, 3.63) is 33.4 Å². The molecule has 19 heavy (non-hydrogen) atoms. The molecule has 1 heteroatoms. The molecule has 0 fully saturated rings. The molecule has 0 heterocycles. The minimum absolute atomic E-state index is 0.202. The van der Waals surface area contributed by atoms with E-state index in [-0.39, 0.29) is 5.60 Å². The summed E-state index contributed by atoms with van der Waals surface area (Å²) in [4.78, 5) is 0. The number of rotatable bonds is 3. The Balaban J connectivity index is 0.00000154. The largest absolute Gasteiger partial charge is 0.371 e. The lowest BCUT2D eigenvalue weighted by molar-refractivity contribution is -0.0150. The van der Waals surface area contributed by atoms with Gasteiger partial charge >= 0.3 is 0 Å². The maximum absolute atomic E-state index is 5.93. The van der Waals surface area contributed by atoms with Crippen LogP contribution >= 0.6 is 0 Å². The Bertz CT molecular complexity index is 399. The van der Waals surface area contributed by atoms with Crippen molar-refractivity contribution >= 4 is 0 Å². The highest BCUT2D eigenvalue weighted by atomic mass is 16.5. The molecule has 1 nitrogen and oxygen atoms in total. The lowest BCUT2D eigenvalue weighted by atomic mass is 9.82. The van der Waals surface area contributed by atoms with E-state index in [0.29, 0.717) is 0 Å². The van der Waals surface area contributed by atoms with Gasteiger partial charge in [0.05, 0.1) is 5.60 Å². The van der Waals surface area contributed by atoms with Gasteiger partial charge in [-0.05, 0) is 88.8 Å². The van der Waals surface area contributed by atoms with Crippen molar-refractivity contribution < 1.29 is 4.74 Å². The average molecular weight is 264 g/mol. The summed E-state index contributed by atoms with van der Waals surface area (Å²) in [5.41, 5.74) is 8.13. The van der Waals surface area contributed by atoms with E-state index in [1.54, 1.807) is 0 Å². The van der Waals surface area contributed by atoms with Crippen LogP contribution in [0.25, 0.3) is 0 Å². The average Bonchev–Trinajstić information content (AvgIpc) is 2.36. The van der Waals surface area contributed by atoms with E-state index in [9.17, 15) is 0 Å². The van der Waals surface area contributed by atoms with Gasteiger partial charge in [0.2, 0.25) is 0 Å². The van der Waals surface area contributed by atoms with Gasteiger partial charge in [0, 0.05) is 6.61 Å². The van der Waals surface area contributed by atoms with Crippen molar-refractivity contribution in [3.8, 4) is 0 Å². The normalized spacial score (nSPS) is 11.1. The van der Waals surface area contributed by atoms with E-state index < -0.39 is 0 Å². The summed E-state index contributed by atoms with van der Waals surface area (Å²) in [6.45, 7) is 22.2. The summed E-state index contributed by atoms with van der Waals surface area (Å²) in [5, 5.41) is 0. The summed E-state index contributed by atoms with van der Waals surface area (Å²) in [6, 6.07) is 0. The quantitative estimate of drug-likeness (QED) is 0.697. The summed E-state index contributed by atoms with van der Waals surface area (Å²) >= 11 is 0. The second-order valence-corrected chi connectivity index (χ2v) is 5.44. The first-order chi connectivity index (χ1) is 8.74. The molecule has 0 aliphatic heterocycles. The van der Waals surface area contributed by atoms with E-state index >= 15 is 0 Å². The van der Waals surface area contributed by atoms with Crippen LogP contribution in [-0.2, 0) is 10.3 Å². The summed E-state index contributed by atoms with van der Waals surface area (Å²) < 4.78 is 5.93. The van der Waals surface area contributed by atoms with E-state index in [2.05, 4.69) is 55.4 Å². The van der Waals surface area contributed by atoms with Gasteiger partial charge in [-0.15, -0.1) is 0 Å². The highest BCUT2D eigenvalue weighted by molar-refractivity contribution is 5.51. The van der Waals surface area contributed by atoms with Gasteiger partial charge < -0.3 is 4.74 Å². The first-order valence-electron chi connectivity index (χ1n) is 7.45. The third-order valence-corrected chi connectivity index (χ3v) is 4.11. The molecule has 0 unspecified atom stereocenters. The molecule has 0 saturated carbocycles. The molecule has 1 aromatic rings. The molecule has 1 aromatic carbocycles. The Morgan fingerprint density at radius 2 is 1.05 bits per heavy atom. The van der Waals surface area contributed by atoms with Gasteiger partial charge in [0.15, 0.2) is 0 Å². The Kier molecular flexibility index (Phi) is 6.79. The molecule has 0 spiro atoms. The molecular formula is C18H32O. The van der Waals surface area contributed by atoms with Gasteiger partial charge in [-0.3, -0.25) is 0 Å². The maximum Gasteiger partial charge on any atom is 0.0880 e. The molecule has 0 N–H and O–H groups in total. The molecule has 0 aliphatic carbocycles. The molecule has 0 amide bonds. The van der Waals surface area contributed by atoms with Crippen LogP contribution in [0.3, 0.4) is 0 Å².